The van der Waals surface area contributed by atoms with Crippen LogP contribution in [-0.2, 0) is 21.3 Å². The summed E-state index contributed by atoms with van der Waals surface area (Å²) in [4.78, 5) is 24.6. The Kier molecular flexibility index (Phi) is 10.3. The van der Waals surface area contributed by atoms with Crippen molar-refractivity contribution in [2.45, 2.75) is 45.9 Å². The lowest BCUT2D eigenvalue weighted by Gasteiger charge is -2.33. The zero-order valence-electron chi connectivity index (χ0n) is 20.8. The molecule has 7 nitrogen and oxygen atoms in total. The number of carbonyl (C=O) groups is 1. The number of pyridine rings is 1. The van der Waals surface area contributed by atoms with E-state index < -0.39 is 12.8 Å². The first-order chi connectivity index (χ1) is 16.6. The minimum Gasteiger partial charge on any atom is -0.381 e. The molecule has 0 aliphatic heterocycles. The van der Waals surface area contributed by atoms with E-state index in [9.17, 15) is 22.8 Å². The molecule has 1 fully saturated rings. The average Bonchev–Trinajstić information content (AvgIpc) is 2.77. The monoisotopic (exact) mass is 497 g/mol. The summed E-state index contributed by atoms with van der Waals surface area (Å²) in [5.41, 5.74) is 3.13. The quantitative estimate of drug-likeness (QED) is 0.489. The topological polar surface area (TPSA) is 81.6 Å². The van der Waals surface area contributed by atoms with Crippen LogP contribution in [-0.4, -0.2) is 49.6 Å². The first kappa shape index (κ1) is 28.4. The Morgan fingerprint density at radius 2 is 1.83 bits per heavy atom. The Balaban J connectivity index is 0.00000210. The molecule has 0 radical (unpaired) electrons. The van der Waals surface area contributed by atoms with Gasteiger partial charge in [0.2, 0.25) is 5.91 Å². The number of carbonyl (C=O) groups excluding carboxylic acids is 1. The third-order valence-corrected chi connectivity index (χ3v) is 5.60. The van der Waals surface area contributed by atoms with Crippen LogP contribution in [0.1, 0.15) is 32.3 Å². The van der Waals surface area contributed by atoms with Crippen molar-refractivity contribution in [3.8, 4) is 11.1 Å². The van der Waals surface area contributed by atoms with Gasteiger partial charge in [0, 0.05) is 38.4 Å². The Labute approximate surface area is 203 Å². The number of nitrogens with zero attached hydrogens (tertiary/aromatic N) is 1. The normalized spacial score (nSPS) is 17.1. The van der Waals surface area contributed by atoms with Gasteiger partial charge in [-0.3, -0.25) is 9.59 Å². The van der Waals surface area contributed by atoms with Crippen LogP contribution in [0.4, 0.5) is 24.5 Å². The molecule has 0 spiro atoms. The Morgan fingerprint density at radius 3 is 2.43 bits per heavy atom. The van der Waals surface area contributed by atoms with Crippen LogP contribution in [0.5, 0.6) is 0 Å². The molecular formula is C25H34F3N3O4. The first-order valence-electron chi connectivity index (χ1n) is 11.6. The van der Waals surface area contributed by atoms with Gasteiger partial charge in [0.1, 0.15) is 6.61 Å². The minimum absolute atomic E-state index is 0.0828. The number of ether oxygens (including phenoxy) is 2. The van der Waals surface area contributed by atoms with Crippen molar-refractivity contribution in [3.05, 3.63) is 46.4 Å². The van der Waals surface area contributed by atoms with Gasteiger partial charge in [-0.2, -0.15) is 13.2 Å². The zero-order valence-corrected chi connectivity index (χ0v) is 20.8. The molecule has 1 saturated carbocycles. The van der Waals surface area contributed by atoms with Crippen LogP contribution in [0.15, 0.2) is 35.3 Å². The maximum atomic E-state index is 12.6. The van der Waals surface area contributed by atoms with E-state index in [2.05, 4.69) is 15.4 Å². The number of nitrogens with one attached hydrogen (secondary N) is 2. The van der Waals surface area contributed by atoms with Crippen LogP contribution >= 0.6 is 0 Å². The second-order valence-electron chi connectivity index (χ2n) is 8.20. The van der Waals surface area contributed by atoms with E-state index in [1.165, 1.54) is 4.57 Å². The summed E-state index contributed by atoms with van der Waals surface area (Å²) in [6, 6.07) is 7.11. The minimum atomic E-state index is -4.39. The molecular weight excluding hydrogens is 463 g/mol. The van der Waals surface area contributed by atoms with Gasteiger partial charge in [-0.15, -0.1) is 0 Å². The second kappa shape index (κ2) is 12.7. The van der Waals surface area contributed by atoms with Crippen molar-refractivity contribution in [1.29, 1.82) is 0 Å². The van der Waals surface area contributed by atoms with Crippen molar-refractivity contribution < 1.29 is 27.4 Å². The molecule has 1 aliphatic carbocycles. The van der Waals surface area contributed by atoms with E-state index in [0.717, 1.165) is 11.1 Å². The fraction of sp³-hybridized carbons (Fsp3) is 0.520. The molecule has 0 unspecified atom stereocenters. The fourth-order valence-corrected chi connectivity index (χ4v) is 3.67. The zero-order chi connectivity index (χ0) is 26.2. The SMILES string of the molecule is CC.COC1CC(C(=O)Nc2ccc(-c3cc(C)c(=O)n(C)c3)cc2NCCOCC(F)(F)F)C1. The third kappa shape index (κ3) is 8.10. The Hall–Kier alpha value is -2.85. The molecule has 2 aromatic rings. The van der Waals surface area contributed by atoms with Gasteiger partial charge >= 0.3 is 6.18 Å². The number of halogens is 3. The van der Waals surface area contributed by atoms with E-state index in [0.29, 0.717) is 29.8 Å². The first-order valence-corrected chi connectivity index (χ1v) is 11.6. The molecule has 1 aromatic heterocycles. The van der Waals surface area contributed by atoms with Gasteiger partial charge < -0.3 is 24.7 Å². The molecule has 35 heavy (non-hydrogen) atoms. The van der Waals surface area contributed by atoms with Gasteiger partial charge in [-0.05, 0) is 49.1 Å². The smallest absolute Gasteiger partial charge is 0.381 e. The highest BCUT2D eigenvalue weighted by atomic mass is 19.4. The summed E-state index contributed by atoms with van der Waals surface area (Å²) < 4.78 is 48.2. The molecule has 1 aliphatic rings. The molecule has 1 amide bonds. The summed E-state index contributed by atoms with van der Waals surface area (Å²) in [7, 11) is 3.28. The lowest BCUT2D eigenvalue weighted by Crippen LogP contribution is -2.38. The van der Waals surface area contributed by atoms with Crippen LogP contribution < -0.4 is 16.2 Å². The highest BCUT2D eigenvalue weighted by molar-refractivity contribution is 5.97. The average molecular weight is 498 g/mol. The number of methoxy groups -OCH3 is 1. The standard InChI is InChI=1S/C23H28F3N3O4.C2H6/c1-14-8-17(12-29(2)22(14)31)15-4-5-19(28-21(30)16-9-18(10-16)32-3)20(11-15)27-6-7-33-13-23(24,25)26;1-2/h4-5,8,11-12,16,18,27H,6-7,9-10,13H2,1-3H3,(H,28,30);1-2H3. The third-order valence-electron chi connectivity index (χ3n) is 5.60. The molecule has 3 rings (SSSR count). The summed E-state index contributed by atoms with van der Waals surface area (Å²) in [5, 5.41) is 5.95. The number of benzene rings is 1. The molecule has 0 bridgehead atoms. The van der Waals surface area contributed by atoms with E-state index in [1.54, 1.807) is 45.5 Å². The van der Waals surface area contributed by atoms with Gasteiger partial charge in [0.25, 0.3) is 5.56 Å². The molecule has 1 heterocycles. The summed E-state index contributed by atoms with van der Waals surface area (Å²) >= 11 is 0. The van der Waals surface area contributed by atoms with E-state index in [-0.39, 0.29) is 36.6 Å². The second-order valence-corrected chi connectivity index (χ2v) is 8.20. The van der Waals surface area contributed by atoms with E-state index in [4.69, 9.17) is 4.74 Å². The Morgan fingerprint density at radius 1 is 1.14 bits per heavy atom. The van der Waals surface area contributed by atoms with Crippen molar-refractivity contribution in [3.63, 3.8) is 0 Å². The van der Waals surface area contributed by atoms with Crippen LogP contribution in [0.25, 0.3) is 11.1 Å². The lowest BCUT2D eigenvalue weighted by molar-refractivity contribution is -0.172. The van der Waals surface area contributed by atoms with Gasteiger partial charge in [0.05, 0.1) is 24.1 Å². The predicted molar refractivity (Wildman–Crippen MR) is 131 cm³/mol. The largest absolute Gasteiger partial charge is 0.411 e. The van der Waals surface area contributed by atoms with Crippen molar-refractivity contribution in [2.24, 2.45) is 13.0 Å². The van der Waals surface area contributed by atoms with E-state index >= 15 is 0 Å². The van der Waals surface area contributed by atoms with Gasteiger partial charge in [0.15, 0.2) is 0 Å². The number of hydrogen-bond donors (Lipinski definition) is 2. The number of amides is 1. The van der Waals surface area contributed by atoms with Crippen LogP contribution in [0, 0.1) is 12.8 Å². The van der Waals surface area contributed by atoms with Crippen molar-refractivity contribution in [2.75, 3.05) is 37.5 Å². The predicted octanol–water partition coefficient (Wildman–Crippen LogP) is 4.74. The summed E-state index contributed by atoms with van der Waals surface area (Å²) in [6.07, 6.45) is -1.31. The van der Waals surface area contributed by atoms with Gasteiger partial charge in [-0.1, -0.05) is 19.9 Å². The lowest BCUT2D eigenvalue weighted by atomic mass is 9.81. The number of aromatic nitrogens is 1. The number of alkyl halides is 3. The fourth-order valence-electron chi connectivity index (χ4n) is 3.67. The maximum absolute atomic E-state index is 12.6. The summed E-state index contributed by atoms with van der Waals surface area (Å²) in [6.45, 7) is 4.36. The van der Waals surface area contributed by atoms with Crippen molar-refractivity contribution >= 4 is 17.3 Å². The van der Waals surface area contributed by atoms with Crippen molar-refractivity contribution in [1.82, 2.24) is 4.57 Å². The molecule has 1 aromatic carbocycles. The van der Waals surface area contributed by atoms with E-state index in [1.807, 2.05) is 19.9 Å². The van der Waals surface area contributed by atoms with Crippen LogP contribution in [0.2, 0.25) is 0 Å². The number of rotatable bonds is 9. The molecule has 10 heteroatoms. The molecule has 194 valence electrons. The highest BCUT2D eigenvalue weighted by Gasteiger charge is 2.34. The molecule has 0 saturated heterocycles. The summed E-state index contributed by atoms with van der Waals surface area (Å²) in [5.74, 6) is -0.283. The van der Waals surface area contributed by atoms with Gasteiger partial charge in [-0.25, -0.2) is 0 Å². The Bertz CT molecular complexity index is 1020. The maximum Gasteiger partial charge on any atom is 0.411 e. The number of hydrogen-bond acceptors (Lipinski definition) is 5. The highest BCUT2D eigenvalue weighted by Crippen LogP contribution is 2.33. The molecule has 0 atom stereocenters. The number of anilines is 2. The van der Waals surface area contributed by atoms with Crippen LogP contribution in [0.3, 0.4) is 0 Å². The molecule has 2 N–H and O–H groups in total. The number of aryl methyl sites for hydroxylation is 2.